The Morgan fingerprint density at radius 1 is 1.06 bits per heavy atom. The number of nitrogens with one attached hydrogen (secondary N) is 1. The minimum Gasteiger partial charge on any atom is -0.493 e. The molecule has 2 aromatic carbocycles. The van der Waals surface area contributed by atoms with Gasteiger partial charge in [-0.15, -0.1) is 10.2 Å². The molecule has 0 aliphatic heterocycles. The van der Waals surface area contributed by atoms with Crippen molar-refractivity contribution in [3.8, 4) is 34.3 Å². The number of thioether (sulfide) groups is 1. The maximum Gasteiger partial charge on any atom is 0.237 e. The van der Waals surface area contributed by atoms with Gasteiger partial charge in [0.25, 0.3) is 0 Å². The molecule has 5 aromatic rings. The molecule has 1 N–H and O–H groups in total. The molecule has 0 bridgehead atoms. The van der Waals surface area contributed by atoms with Crippen LogP contribution in [0.15, 0.2) is 58.3 Å². The second kappa shape index (κ2) is 8.99. The number of methoxy groups -OCH3 is 2. The summed E-state index contributed by atoms with van der Waals surface area (Å²) in [6.45, 7) is 2.82. The number of rotatable bonds is 8. The summed E-state index contributed by atoms with van der Waals surface area (Å²) in [7, 11) is 3.19. The number of fused-ring (bicyclic) bond motifs is 1. The molecule has 3 heterocycles. The van der Waals surface area contributed by atoms with E-state index in [0.717, 1.165) is 39.6 Å². The Morgan fingerprint density at radius 3 is 2.73 bits per heavy atom. The van der Waals surface area contributed by atoms with Gasteiger partial charge < -0.3 is 23.5 Å². The average Bonchev–Trinajstić information content (AvgIpc) is 3.59. The molecule has 168 valence electrons. The van der Waals surface area contributed by atoms with E-state index in [9.17, 15) is 0 Å². The Hall–Kier alpha value is -3.79. The fourth-order valence-corrected chi connectivity index (χ4v) is 4.51. The fraction of sp³-hybridized carbons (Fsp3) is 0.217. The van der Waals surface area contributed by atoms with Crippen LogP contribution in [0.1, 0.15) is 12.8 Å². The van der Waals surface area contributed by atoms with E-state index < -0.39 is 0 Å². The number of aromatic nitrogens is 6. The first kappa shape index (κ1) is 21.1. The van der Waals surface area contributed by atoms with E-state index in [0.29, 0.717) is 29.0 Å². The van der Waals surface area contributed by atoms with E-state index in [2.05, 4.69) is 42.9 Å². The maximum atomic E-state index is 5.46. The van der Waals surface area contributed by atoms with Crippen molar-refractivity contribution in [3.63, 3.8) is 0 Å². The highest BCUT2D eigenvalue weighted by Crippen LogP contribution is 2.33. The molecule has 0 spiro atoms. The number of para-hydroxylation sites is 1. The standard InChI is InChI=1S/C23H22N6O3S/c1-4-29-22(16-12-24-17-8-6-5-7-15(16)17)26-27-23(29)33-13-20-25-21(28-32-20)14-9-10-18(30-2)19(11-14)31-3/h5-12,24H,4,13H2,1-3H3. The van der Waals surface area contributed by atoms with Gasteiger partial charge in [-0.1, -0.05) is 35.1 Å². The van der Waals surface area contributed by atoms with E-state index in [1.807, 2.05) is 42.6 Å². The molecule has 9 nitrogen and oxygen atoms in total. The van der Waals surface area contributed by atoms with Crippen molar-refractivity contribution in [1.82, 2.24) is 29.9 Å². The topological polar surface area (TPSA) is 104 Å². The molecule has 3 aromatic heterocycles. The van der Waals surface area contributed by atoms with Gasteiger partial charge in [-0.05, 0) is 31.2 Å². The van der Waals surface area contributed by atoms with Crippen LogP contribution < -0.4 is 9.47 Å². The number of hydrogen-bond acceptors (Lipinski definition) is 8. The summed E-state index contributed by atoms with van der Waals surface area (Å²) in [5.74, 6) is 3.55. The summed E-state index contributed by atoms with van der Waals surface area (Å²) in [4.78, 5) is 7.82. The summed E-state index contributed by atoms with van der Waals surface area (Å²) >= 11 is 1.51. The average molecular weight is 463 g/mol. The van der Waals surface area contributed by atoms with E-state index in [-0.39, 0.29) is 0 Å². The van der Waals surface area contributed by atoms with Gasteiger partial charge in [-0.2, -0.15) is 4.98 Å². The van der Waals surface area contributed by atoms with Crippen molar-refractivity contribution >= 4 is 22.7 Å². The van der Waals surface area contributed by atoms with E-state index in [4.69, 9.17) is 14.0 Å². The molecule has 5 rings (SSSR count). The third-order valence-corrected chi connectivity index (χ3v) is 6.25. The van der Waals surface area contributed by atoms with Gasteiger partial charge >= 0.3 is 0 Å². The number of benzene rings is 2. The molecular weight excluding hydrogens is 440 g/mol. The molecule has 0 aliphatic rings. The fourth-order valence-electron chi connectivity index (χ4n) is 3.67. The van der Waals surface area contributed by atoms with Crippen LogP contribution in [0, 0.1) is 0 Å². The zero-order chi connectivity index (χ0) is 22.8. The van der Waals surface area contributed by atoms with Crippen molar-refractivity contribution in [2.45, 2.75) is 24.4 Å². The highest BCUT2D eigenvalue weighted by molar-refractivity contribution is 7.98. The smallest absolute Gasteiger partial charge is 0.237 e. The molecule has 0 unspecified atom stereocenters. The minimum absolute atomic E-state index is 0.478. The second-order valence-corrected chi connectivity index (χ2v) is 8.11. The molecule has 0 radical (unpaired) electrons. The lowest BCUT2D eigenvalue weighted by Gasteiger charge is -2.07. The monoisotopic (exact) mass is 462 g/mol. The van der Waals surface area contributed by atoms with E-state index >= 15 is 0 Å². The number of ether oxygens (including phenoxy) is 2. The van der Waals surface area contributed by atoms with Gasteiger partial charge in [0.05, 0.1) is 20.0 Å². The summed E-state index contributed by atoms with van der Waals surface area (Å²) < 4.78 is 18.2. The lowest BCUT2D eigenvalue weighted by molar-refractivity contribution is 0.355. The molecular formula is C23H22N6O3S. The number of aromatic amines is 1. The summed E-state index contributed by atoms with van der Waals surface area (Å²) in [5.41, 5.74) is 2.88. The Balaban J connectivity index is 1.35. The zero-order valence-electron chi connectivity index (χ0n) is 18.4. The Bertz CT molecular complexity index is 1410. The molecule has 0 aliphatic carbocycles. The number of nitrogens with zero attached hydrogens (tertiary/aromatic N) is 5. The molecule has 0 atom stereocenters. The van der Waals surface area contributed by atoms with Crippen molar-refractivity contribution in [2.24, 2.45) is 0 Å². The number of hydrogen-bond donors (Lipinski definition) is 1. The maximum absolute atomic E-state index is 5.46. The molecule has 0 fully saturated rings. The predicted molar refractivity (Wildman–Crippen MR) is 125 cm³/mol. The lowest BCUT2D eigenvalue weighted by Crippen LogP contribution is -1.99. The first-order valence-electron chi connectivity index (χ1n) is 10.4. The third kappa shape index (κ3) is 3.93. The number of H-pyrrole nitrogens is 1. The zero-order valence-corrected chi connectivity index (χ0v) is 19.2. The Morgan fingerprint density at radius 2 is 1.91 bits per heavy atom. The Kier molecular flexibility index (Phi) is 5.74. The molecule has 0 saturated carbocycles. The van der Waals surface area contributed by atoms with Crippen LogP contribution in [0.3, 0.4) is 0 Å². The van der Waals surface area contributed by atoms with Crippen LogP contribution >= 0.6 is 11.8 Å². The quantitative estimate of drug-likeness (QED) is 0.328. The molecule has 0 amide bonds. The van der Waals surface area contributed by atoms with Crippen LogP contribution in [-0.2, 0) is 12.3 Å². The van der Waals surface area contributed by atoms with Crippen LogP contribution in [0.2, 0.25) is 0 Å². The van der Waals surface area contributed by atoms with Gasteiger partial charge in [-0.25, -0.2) is 0 Å². The van der Waals surface area contributed by atoms with E-state index in [1.165, 1.54) is 11.8 Å². The highest BCUT2D eigenvalue weighted by Gasteiger charge is 2.18. The second-order valence-electron chi connectivity index (χ2n) is 7.17. The van der Waals surface area contributed by atoms with Crippen molar-refractivity contribution in [3.05, 3.63) is 54.6 Å². The van der Waals surface area contributed by atoms with Gasteiger partial charge in [0.15, 0.2) is 22.5 Å². The van der Waals surface area contributed by atoms with Crippen LogP contribution in [0.5, 0.6) is 11.5 Å². The van der Waals surface area contributed by atoms with Crippen molar-refractivity contribution < 1.29 is 14.0 Å². The normalized spacial score (nSPS) is 11.2. The SMILES string of the molecule is CCn1c(SCc2nc(-c3ccc(OC)c(OC)c3)no2)nnc1-c1c[nH]c2ccccc12. The van der Waals surface area contributed by atoms with E-state index in [1.54, 1.807) is 14.2 Å². The van der Waals surface area contributed by atoms with Gasteiger partial charge in [0.1, 0.15) is 0 Å². The van der Waals surface area contributed by atoms with Gasteiger partial charge in [-0.3, -0.25) is 0 Å². The first-order valence-corrected chi connectivity index (χ1v) is 11.4. The minimum atomic E-state index is 0.478. The van der Waals surface area contributed by atoms with Gasteiger partial charge in [0, 0.05) is 34.8 Å². The van der Waals surface area contributed by atoms with Crippen LogP contribution in [0.25, 0.3) is 33.7 Å². The van der Waals surface area contributed by atoms with Crippen molar-refractivity contribution in [1.29, 1.82) is 0 Å². The largest absolute Gasteiger partial charge is 0.493 e. The van der Waals surface area contributed by atoms with Crippen molar-refractivity contribution in [2.75, 3.05) is 14.2 Å². The highest BCUT2D eigenvalue weighted by atomic mass is 32.2. The summed E-state index contributed by atoms with van der Waals surface area (Å²) in [6.07, 6.45) is 1.97. The summed E-state index contributed by atoms with van der Waals surface area (Å²) in [6, 6.07) is 13.7. The predicted octanol–water partition coefficient (Wildman–Crippen LogP) is 4.81. The lowest BCUT2D eigenvalue weighted by atomic mass is 10.1. The first-order chi connectivity index (χ1) is 16.2. The summed E-state index contributed by atoms with van der Waals surface area (Å²) in [5, 5.41) is 14.9. The van der Waals surface area contributed by atoms with Gasteiger partial charge in [0.2, 0.25) is 11.7 Å². The molecule has 33 heavy (non-hydrogen) atoms. The molecule has 0 saturated heterocycles. The molecule has 10 heteroatoms. The Labute approximate surface area is 194 Å². The third-order valence-electron chi connectivity index (χ3n) is 5.30. The van der Waals surface area contributed by atoms with Crippen LogP contribution in [0.4, 0.5) is 0 Å². The van der Waals surface area contributed by atoms with Crippen LogP contribution in [-0.4, -0.2) is 44.1 Å².